The van der Waals surface area contributed by atoms with Gasteiger partial charge in [0.15, 0.2) is 0 Å². The number of hydrogen-bond acceptors (Lipinski definition) is 2. The molecule has 0 amide bonds. The van der Waals surface area contributed by atoms with E-state index in [0.29, 0.717) is 5.76 Å². The molecule has 1 aliphatic carbocycles. The summed E-state index contributed by atoms with van der Waals surface area (Å²) in [6.07, 6.45) is 5.74. The Morgan fingerprint density at radius 3 is 2.50 bits per heavy atom. The molecular formula is C8H12O2. The number of hydrogen-bond donors (Lipinski definition) is 1. The second kappa shape index (κ2) is 4.79. The van der Waals surface area contributed by atoms with Gasteiger partial charge in [0.05, 0.1) is 0 Å². The summed E-state index contributed by atoms with van der Waals surface area (Å²) in [6.45, 7) is 4.03. The third kappa shape index (κ3) is 3.07. The van der Waals surface area contributed by atoms with Crippen molar-refractivity contribution in [3.8, 4) is 0 Å². The van der Waals surface area contributed by atoms with Crippen LogP contribution in [0.5, 0.6) is 0 Å². The van der Waals surface area contributed by atoms with E-state index in [1.54, 1.807) is 0 Å². The highest BCUT2D eigenvalue weighted by atomic mass is 16.3. The fourth-order valence-corrected chi connectivity index (χ4v) is 0.831. The number of carbonyl (C=O) groups is 1. The Kier molecular flexibility index (Phi) is 4.29. The van der Waals surface area contributed by atoms with Gasteiger partial charge in [-0.25, -0.2) is 0 Å². The molecule has 56 valence electrons. The average Bonchev–Trinajstić information content (AvgIpc) is 1.91. The first-order chi connectivity index (χ1) is 4.79. The predicted molar refractivity (Wildman–Crippen MR) is 40.8 cm³/mol. The first-order valence-corrected chi connectivity index (χ1v) is 3.14. The van der Waals surface area contributed by atoms with Gasteiger partial charge < -0.3 is 9.90 Å². The third-order valence-corrected chi connectivity index (χ3v) is 1.29. The second-order valence-electron chi connectivity index (χ2n) is 2.16. The summed E-state index contributed by atoms with van der Waals surface area (Å²) in [5.74, 6) is 0.425. The summed E-state index contributed by atoms with van der Waals surface area (Å²) in [5, 5.41) is 8.86. The van der Waals surface area contributed by atoms with Crippen LogP contribution in [0.3, 0.4) is 0 Å². The molecule has 0 aromatic heterocycles. The van der Waals surface area contributed by atoms with Crippen molar-refractivity contribution in [3.63, 3.8) is 0 Å². The van der Waals surface area contributed by atoms with Crippen molar-refractivity contribution < 1.29 is 9.90 Å². The van der Waals surface area contributed by atoms with Crippen molar-refractivity contribution in [2.75, 3.05) is 0 Å². The van der Waals surface area contributed by atoms with E-state index in [0.717, 1.165) is 12.8 Å². The van der Waals surface area contributed by atoms with Crippen molar-refractivity contribution in [2.24, 2.45) is 0 Å². The van der Waals surface area contributed by atoms with Crippen molar-refractivity contribution in [3.05, 3.63) is 23.5 Å². The highest BCUT2D eigenvalue weighted by molar-refractivity contribution is 5.20. The maximum absolute atomic E-state index is 8.86. The lowest BCUT2D eigenvalue weighted by Gasteiger charge is -2.03. The van der Waals surface area contributed by atoms with Crippen molar-refractivity contribution >= 4 is 6.79 Å². The molecule has 0 bridgehead atoms. The van der Waals surface area contributed by atoms with Crippen LogP contribution in [0.25, 0.3) is 0 Å². The van der Waals surface area contributed by atoms with Crippen LogP contribution in [0.2, 0.25) is 0 Å². The highest BCUT2D eigenvalue weighted by Crippen LogP contribution is 2.13. The van der Waals surface area contributed by atoms with Crippen LogP contribution in [0, 0.1) is 0 Å². The fraction of sp³-hybridized carbons (Fsp3) is 0.375. The SMILES string of the molecule is C=O.CC1=CC(O)=CCC1. The van der Waals surface area contributed by atoms with Crippen molar-refractivity contribution in [2.45, 2.75) is 19.8 Å². The summed E-state index contributed by atoms with van der Waals surface area (Å²) < 4.78 is 0. The number of carbonyl (C=O) groups excluding carboxylic acids is 1. The zero-order chi connectivity index (χ0) is 7.98. The Balaban J connectivity index is 0.000000371. The molecule has 0 aromatic rings. The summed E-state index contributed by atoms with van der Waals surface area (Å²) in [4.78, 5) is 8.00. The molecule has 0 aromatic carbocycles. The van der Waals surface area contributed by atoms with Gasteiger partial charge in [-0.15, -0.1) is 0 Å². The second-order valence-corrected chi connectivity index (χ2v) is 2.16. The molecule has 0 aliphatic heterocycles. The standard InChI is InChI=1S/C7H10O.CH2O/c1-6-3-2-4-7(8)5-6;1-2/h4-5,8H,2-3H2,1H3;1H2. The molecule has 0 unspecified atom stereocenters. The molecular weight excluding hydrogens is 128 g/mol. The molecule has 0 spiro atoms. The van der Waals surface area contributed by atoms with Gasteiger partial charge in [0.2, 0.25) is 0 Å². The number of allylic oxidation sites excluding steroid dienone is 3. The van der Waals surface area contributed by atoms with Crippen molar-refractivity contribution in [1.29, 1.82) is 0 Å². The Hall–Kier alpha value is -1.05. The van der Waals surface area contributed by atoms with Gasteiger partial charge >= 0.3 is 0 Å². The Morgan fingerprint density at radius 1 is 1.60 bits per heavy atom. The van der Waals surface area contributed by atoms with Gasteiger partial charge in [0, 0.05) is 0 Å². The Bertz CT molecular complexity index is 157. The lowest BCUT2D eigenvalue weighted by Crippen LogP contribution is -1.86. The predicted octanol–water partition coefficient (Wildman–Crippen LogP) is 1.98. The first-order valence-electron chi connectivity index (χ1n) is 3.14. The summed E-state index contributed by atoms with van der Waals surface area (Å²) >= 11 is 0. The number of aliphatic hydroxyl groups is 1. The van der Waals surface area contributed by atoms with Gasteiger partial charge in [0.25, 0.3) is 0 Å². The quantitative estimate of drug-likeness (QED) is 0.558. The Labute approximate surface area is 60.9 Å². The fourth-order valence-electron chi connectivity index (χ4n) is 0.831. The van der Waals surface area contributed by atoms with Crippen LogP contribution in [0.15, 0.2) is 23.5 Å². The highest BCUT2D eigenvalue weighted by Gasteiger charge is 1.96. The zero-order valence-corrected chi connectivity index (χ0v) is 6.13. The molecule has 0 heterocycles. The minimum absolute atomic E-state index is 0.425. The molecule has 1 rings (SSSR count). The Morgan fingerprint density at radius 2 is 2.20 bits per heavy atom. The minimum atomic E-state index is 0.425. The van der Waals surface area contributed by atoms with Crippen LogP contribution in [0.1, 0.15) is 19.8 Å². The monoisotopic (exact) mass is 140 g/mol. The molecule has 2 heteroatoms. The summed E-state index contributed by atoms with van der Waals surface area (Å²) in [6, 6.07) is 0. The number of rotatable bonds is 0. The molecule has 0 saturated carbocycles. The van der Waals surface area contributed by atoms with Gasteiger partial charge in [-0.2, -0.15) is 0 Å². The van der Waals surface area contributed by atoms with E-state index in [1.165, 1.54) is 5.57 Å². The van der Waals surface area contributed by atoms with Crippen molar-refractivity contribution in [1.82, 2.24) is 0 Å². The maximum atomic E-state index is 8.86. The molecule has 0 radical (unpaired) electrons. The topological polar surface area (TPSA) is 37.3 Å². The summed E-state index contributed by atoms with van der Waals surface area (Å²) in [5.41, 5.74) is 1.27. The first kappa shape index (κ1) is 8.95. The lowest BCUT2D eigenvalue weighted by atomic mass is 10.1. The lowest BCUT2D eigenvalue weighted by molar-refractivity contribution is -0.0979. The van der Waals surface area contributed by atoms with Gasteiger partial charge in [-0.1, -0.05) is 5.57 Å². The van der Waals surface area contributed by atoms with Gasteiger partial charge in [0.1, 0.15) is 12.5 Å². The normalized spacial score (nSPS) is 16.1. The zero-order valence-electron chi connectivity index (χ0n) is 6.13. The van der Waals surface area contributed by atoms with Crippen LogP contribution < -0.4 is 0 Å². The van der Waals surface area contributed by atoms with E-state index in [1.807, 2.05) is 25.9 Å². The third-order valence-electron chi connectivity index (χ3n) is 1.29. The van der Waals surface area contributed by atoms with Gasteiger partial charge in [-0.3, -0.25) is 0 Å². The van der Waals surface area contributed by atoms with Crippen LogP contribution in [-0.4, -0.2) is 11.9 Å². The maximum Gasteiger partial charge on any atom is 0.111 e. The molecule has 2 nitrogen and oxygen atoms in total. The molecule has 1 N–H and O–H groups in total. The molecule has 0 fully saturated rings. The summed E-state index contributed by atoms with van der Waals surface area (Å²) in [7, 11) is 0. The van der Waals surface area contributed by atoms with Gasteiger partial charge in [-0.05, 0) is 31.9 Å². The smallest absolute Gasteiger partial charge is 0.111 e. The van der Waals surface area contributed by atoms with Crippen LogP contribution in [0.4, 0.5) is 0 Å². The van der Waals surface area contributed by atoms with Crippen LogP contribution in [-0.2, 0) is 4.79 Å². The average molecular weight is 140 g/mol. The van der Waals surface area contributed by atoms with E-state index < -0.39 is 0 Å². The van der Waals surface area contributed by atoms with Crippen LogP contribution >= 0.6 is 0 Å². The number of aliphatic hydroxyl groups excluding tert-OH is 1. The molecule has 10 heavy (non-hydrogen) atoms. The largest absolute Gasteiger partial charge is 0.508 e. The van der Waals surface area contributed by atoms with E-state index in [-0.39, 0.29) is 0 Å². The molecule has 0 saturated heterocycles. The van der Waals surface area contributed by atoms with E-state index in [9.17, 15) is 0 Å². The van der Waals surface area contributed by atoms with E-state index in [2.05, 4.69) is 0 Å². The molecule has 1 aliphatic rings. The minimum Gasteiger partial charge on any atom is -0.508 e. The molecule has 0 atom stereocenters. The van der Waals surface area contributed by atoms with E-state index in [4.69, 9.17) is 9.90 Å². The van der Waals surface area contributed by atoms with E-state index >= 15 is 0 Å².